The van der Waals surface area contributed by atoms with Crippen LogP contribution in [0, 0.1) is 6.92 Å². The SMILES string of the molecule is Cc1cc2c3c(c1)N(c1ccc(-c4ccccc4)c4c1sc1ccccc14)c1ccccc1B3c1oc3ccccc3c1N2c1ccc(C(C)(C)C)cc1. The molecular formula is C49H37BN2OS. The van der Waals surface area contributed by atoms with Gasteiger partial charge in [0.25, 0.3) is 6.71 Å². The highest BCUT2D eigenvalue weighted by molar-refractivity contribution is 7.26. The molecule has 0 atom stereocenters. The first-order valence-corrected chi connectivity index (χ1v) is 19.6. The summed E-state index contributed by atoms with van der Waals surface area (Å²) in [6.07, 6.45) is 0. The zero-order chi connectivity index (χ0) is 36.3. The molecule has 3 nitrogen and oxygen atoms in total. The summed E-state index contributed by atoms with van der Waals surface area (Å²) in [4.78, 5) is 5.01. The van der Waals surface area contributed by atoms with E-state index in [9.17, 15) is 0 Å². The Kier molecular flexibility index (Phi) is 6.69. The maximum absolute atomic E-state index is 7.01. The van der Waals surface area contributed by atoms with Crippen molar-refractivity contribution in [2.24, 2.45) is 0 Å². The van der Waals surface area contributed by atoms with Crippen molar-refractivity contribution in [3.05, 3.63) is 163 Å². The van der Waals surface area contributed by atoms with E-state index in [-0.39, 0.29) is 12.1 Å². The highest BCUT2D eigenvalue weighted by atomic mass is 32.1. The van der Waals surface area contributed by atoms with Crippen LogP contribution in [0.25, 0.3) is 42.3 Å². The molecule has 0 spiro atoms. The first kappa shape index (κ1) is 31.5. The monoisotopic (exact) mass is 712 g/mol. The van der Waals surface area contributed by atoms with Crippen LogP contribution in [0.4, 0.5) is 34.1 Å². The molecule has 0 saturated carbocycles. The Hall–Kier alpha value is -6.04. The van der Waals surface area contributed by atoms with Crippen molar-refractivity contribution in [3.63, 3.8) is 0 Å². The Morgan fingerprint density at radius 1 is 0.611 bits per heavy atom. The average molecular weight is 713 g/mol. The summed E-state index contributed by atoms with van der Waals surface area (Å²) in [5.74, 6) is 0. The van der Waals surface area contributed by atoms with Gasteiger partial charge in [0, 0.05) is 43.6 Å². The Morgan fingerprint density at radius 3 is 2.09 bits per heavy atom. The van der Waals surface area contributed by atoms with Crippen LogP contribution in [0.3, 0.4) is 0 Å². The van der Waals surface area contributed by atoms with Gasteiger partial charge in [0.05, 0.1) is 21.7 Å². The lowest BCUT2D eigenvalue weighted by Gasteiger charge is -2.42. The Bertz CT molecular complexity index is 2950. The molecule has 7 aromatic carbocycles. The molecule has 0 aliphatic carbocycles. The van der Waals surface area contributed by atoms with Gasteiger partial charge in [-0.05, 0) is 100 Å². The smallest absolute Gasteiger partial charge is 0.297 e. The number of anilines is 6. The lowest BCUT2D eigenvalue weighted by atomic mass is 9.35. The fraction of sp³-hybridized carbons (Fsp3) is 0.102. The summed E-state index contributed by atoms with van der Waals surface area (Å²) in [6, 6.07) is 55.8. The lowest BCUT2D eigenvalue weighted by Crippen LogP contribution is -2.61. The van der Waals surface area contributed by atoms with Gasteiger partial charge < -0.3 is 14.2 Å². The van der Waals surface area contributed by atoms with Crippen molar-refractivity contribution in [1.82, 2.24) is 0 Å². The molecule has 0 unspecified atom stereocenters. The normalized spacial score (nSPS) is 13.4. The molecule has 0 radical (unpaired) electrons. The zero-order valence-electron chi connectivity index (χ0n) is 30.7. The highest BCUT2D eigenvalue weighted by Gasteiger charge is 2.47. The molecule has 2 aromatic heterocycles. The van der Waals surface area contributed by atoms with Gasteiger partial charge in [-0.1, -0.05) is 118 Å². The van der Waals surface area contributed by atoms with Crippen LogP contribution in [0.1, 0.15) is 31.9 Å². The zero-order valence-corrected chi connectivity index (χ0v) is 31.5. The minimum Gasteiger partial charge on any atom is -0.468 e. The van der Waals surface area contributed by atoms with Gasteiger partial charge in [0.2, 0.25) is 0 Å². The standard InChI is InChI=1S/C49H37BN2OS/c1-30-28-40-45-41(29-30)52(39-27-26-34(31-14-6-5-7-15-31)44-36-17-9-13-21-43(36)54-47(39)44)38-19-11-10-18-37(38)50(45)48-46(35-16-8-12-20-42(35)53-48)51(40)33-24-22-32(23-25-33)49(2,3)4/h5-29H,1-4H3. The summed E-state index contributed by atoms with van der Waals surface area (Å²) < 4.78 is 9.60. The van der Waals surface area contributed by atoms with E-state index in [1.807, 2.05) is 11.3 Å². The molecule has 258 valence electrons. The fourth-order valence-corrected chi connectivity index (χ4v) is 10.2. The molecule has 54 heavy (non-hydrogen) atoms. The van der Waals surface area contributed by atoms with E-state index in [4.69, 9.17) is 4.42 Å². The van der Waals surface area contributed by atoms with Gasteiger partial charge in [-0.3, -0.25) is 0 Å². The molecule has 4 heterocycles. The number of hydrogen-bond acceptors (Lipinski definition) is 4. The molecular weight excluding hydrogens is 675 g/mol. The van der Waals surface area contributed by atoms with E-state index in [1.165, 1.54) is 76.1 Å². The van der Waals surface area contributed by atoms with E-state index < -0.39 is 0 Å². The number of aryl methyl sites for hydroxylation is 1. The summed E-state index contributed by atoms with van der Waals surface area (Å²) >= 11 is 1.89. The summed E-state index contributed by atoms with van der Waals surface area (Å²) in [6.45, 7) is 8.99. The van der Waals surface area contributed by atoms with Crippen molar-refractivity contribution in [1.29, 1.82) is 0 Å². The molecule has 9 aromatic rings. The number of fused-ring (bicyclic) bond motifs is 9. The quantitative estimate of drug-likeness (QED) is 0.170. The second-order valence-corrected chi connectivity index (χ2v) is 16.8. The van der Waals surface area contributed by atoms with Crippen LogP contribution in [0.5, 0.6) is 0 Å². The molecule has 0 fully saturated rings. The number of nitrogens with zero attached hydrogens (tertiary/aromatic N) is 2. The largest absolute Gasteiger partial charge is 0.468 e. The van der Waals surface area contributed by atoms with Crippen molar-refractivity contribution in [2.45, 2.75) is 33.1 Å². The van der Waals surface area contributed by atoms with Gasteiger partial charge >= 0.3 is 0 Å². The fourth-order valence-electron chi connectivity index (χ4n) is 9.00. The van der Waals surface area contributed by atoms with Crippen LogP contribution in [-0.2, 0) is 5.41 Å². The first-order chi connectivity index (χ1) is 26.3. The number of furan rings is 1. The second-order valence-electron chi connectivity index (χ2n) is 15.8. The van der Waals surface area contributed by atoms with Gasteiger partial charge in [0.15, 0.2) is 0 Å². The van der Waals surface area contributed by atoms with Crippen LogP contribution >= 0.6 is 11.3 Å². The maximum atomic E-state index is 7.01. The molecule has 2 aliphatic heterocycles. The Balaban J connectivity index is 1.23. The highest BCUT2D eigenvalue weighted by Crippen LogP contribution is 2.51. The molecule has 0 bridgehead atoms. The van der Waals surface area contributed by atoms with E-state index in [2.05, 4.69) is 189 Å². The molecule has 2 aliphatic rings. The first-order valence-electron chi connectivity index (χ1n) is 18.8. The molecule has 5 heteroatoms. The topological polar surface area (TPSA) is 19.6 Å². The minimum atomic E-state index is -0.0722. The third-order valence-corrected chi connectivity index (χ3v) is 12.6. The van der Waals surface area contributed by atoms with Crippen LogP contribution in [0.15, 0.2) is 156 Å². The molecule has 11 rings (SSSR count). The molecule has 0 saturated heterocycles. The van der Waals surface area contributed by atoms with Gasteiger partial charge in [-0.25, -0.2) is 0 Å². The minimum absolute atomic E-state index is 0.0553. The van der Waals surface area contributed by atoms with Crippen molar-refractivity contribution >= 4 is 99.9 Å². The average Bonchev–Trinajstić information content (AvgIpc) is 3.77. The Morgan fingerprint density at radius 2 is 1.30 bits per heavy atom. The number of benzene rings is 7. The van der Waals surface area contributed by atoms with E-state index in [0.717, 1.165) is 28.0 Å². The van der Waals surface area contributed by atoms with Gasteiger partial charge in [-0.2, -0.15) is 0 Å². The number of rotatable bonds is 3. The van der Waals surface area contributed by atoms with Crippen molar-refractivity contribution < 1.29 is 4.42 Å². The van der Waals surface area contributed by atoms with Crippen LogP contribution < -0.4 is 26.4 Å². The summed E-state index contributed by atoms with van der Waals surface area (Å²) in [7, 11) is 0. The third kappa shape index (κ3) is 4.48. The predicted molar refractivity (Wildman–Crippen MR) is 232 cm³/mol. The predicted octanol–water partition coefficient (Wildman–Crippen LogP) is 12.2. The molecule has 0 amide bonds. The van der Waals surface area contributed by atoms with Crippen molar-refractivity contribution in [2.75, 3.05) is 9.80 Å². The maximum Gasteiger partial charge on any atom is 0.297 e. The summed E-state index contributed by atoms with van der Waals surface area (Å²) in [5, 5.41) is 3.73. The number of para-hydroxylation sites is 2. The van der Waals surface area contributed by atoms with Crippen LogP contribution in [-0.4, -0.2) is 6.71 Å². The lowest BCUT2D eigenvalue weighted by molar-refractivity contribution is 0.590. The Labute approximate surface area is 319 Å². The van der Waals surface area contributed by atoms with E-state index in [1.54, 1.807) is 0 Å². The third-order valence-electron chi connectivity index (χ3n) is 11.4. The summed E-state index contributed by atoms with van der Waals surface area (Å²) in [5.41, 5.74) is 16.5. The van der Waals surface area contributed by atoms with E-state index in [0.29, 0.717) is 0 Å². The second kappa shape index (κ2) is 11.5. The van der Waals surface area contributed by atoms with Crippen molar-refractivity contribution in [3.8, 4) is 11.1 Å². The van der Waals surface area contributed by atoms with Gasteiger partial charge in [-0.15, -0.1) is 11.3 Å². The van der Waals surface area contributed by atoms with E-state index >= 15 is 0 Å². The number of hydrogen-bond donors (Lipinski definition) is 0. The van der Waals surface area contributed by atoms with Crippen LogP contribution in [0.2, 0.25) is 0 Å². The number of thiophene rings is 1. The van der Waals surface area contributed by atoms with Gasteiger partial charge in [0.1, 0.15) is 5.58 Å². The molecule has 0 N–H and O–H groups in total.